The monoisotopic (exact) mass is 192 g/mol. The number of aromatic nitrogens is 2. The molecule has 0 saturated carbocycles. The van der Waals surface area contributed by atoms with Crippen LogP contribution in [0.1, 0.15) is 62.3 Å². The number of rotatable bonds is 2. The zero-order valence-electron chi connectivity index (χ0n) is 10.0. The van der Waals surface area contributed by atoms with Crippen molar-refractivity contribution in [2.45, 2.75) is 53.4 Å². The second-order valence-corrected chi connectivity index (χ2v) is 4.49. The van der Waals surface area contributed by atoms with E-state index in [4.69, 9.17) is 0 Å². The van der Waals surface area contributed by atoms with E-state index in [2.05, 4.69) is 51.5 Å². The van der Waals surface area contributed by atoms with Crippen LogP contribution in [0.25, 0.3) is 0 Å². The van der Waals surface area contributed by atoms with Gasteiger partial charge in [-0.25, -0.2) is 9.97 Å². The van der Waals surface area contributed by atoms with Crippen LogP contribution in [0, 0.1) is 13.8 Å². The Morgan fingerprint density at radius 1 is 0.857 bits per heavy atom. The summed E-state index contributed by atoms with van der Waals surface area (Å²) in [7, 11) is 0. The first-order valence-corrected chi connectivity index (χ1v) is 5.28. The summed E-state index contributed by atoms with van der Waals surface area (Å²) in [6, 6.07) is 0. The summed E-state index contributed by atoms with van der Waals surface area (Å²) in [5, 5.41) is 0. The van der Waals surface area contributed by atoms with E-state index in [1.165, 1.54) is 11.3 Å². The van der Waals surface area contributed by atoms with E-state index in [0.717, 1.165) is 11.5 Å². The van der Waals surface area contributed by atoms with Gasteiger partial charge < -0.3 is 0 Å². The molecule has 0 radical (unpaired) electrons. The molecule has 0 N–H and O–H groups in total. The van der Waals surface area contributed by atoms with Crippen LogP contribution in [-0.4, -0.2) is 9.97 Å². The second-order valence-electron chi connectivity index (χ2n) is 4.49. The quantitative estimate of drug-likeness (QED) is 0.718. The minimum absolute atomic E-state index is 0.409. The van der Waals surface area contributed by atoms with E-state index in [-0.39, 0.29) is 0 Å². The lowest BCUT2D eigenvalue weighted by atomic mass is 10.0. The largest absolute Gasteiger partial charge is 0.238 e. The molecule has 1 heterocycles. The van der Waals surface area contributed by atoms with Crippen LogP contribution in [0.15, 0.2) is 0 Å². The van der Waals surface area contributed by atoms with Gasteiger partial charge in [0.2, 0.25) is 0 Å². The average molecular weight is 192 g/mol. The summed E-state index contributed by atoms with van der Waals surface area (Å²) in [4.78, 5) is 9.13. The molecule has 0 atom stereocenters. The maximum atomic E-state index is 4.62. The van der Waals surface area contributed by atoms with Gasteiger partial charge in [0, 0.05) is 17.3 Å². The molecular weight excluding hydrogens is 172 g/mol. The highest BCUT2D eigenvalue weighted by Crippen LogP contribution is 2.21. The molecule has 1 aromatic rings. The Morgan fingerprint density at radius 2 is 1.43 bits per heavy atom. The van der Waals surface area contributed by atoms with E-state index >= 15 is 0 Å². The van der Waals surface area contributed by atoms with Crippen LogP contribution in [0.4, 0.5) is 0 Å². The van der Waals surface area contributed by atoms with Crippen molar-refractivity contribution in [2.24, 2.45) is 0 Å². The Bertz CT molecular complexity index is 327. The topological polar surface area (TPSA) is 25.8 Å². The molecule has 0 fully saturated rings. The maximum Gasteiger partial charge on any atom is 0.131 e. The molecule has 2 nitrogen and oxygen atoms in total. The second kappa shape index (κ2) is 4.07. The van der Waals surface area contributed by atoms with Crippen LogP contribution in [-0.2, 0) is 0 Å². The van der Waals surface area contributed by atoms with Crippen LogP contribution in [0.2, 0.25) is 0 Å². The molecule has 2 heteroatoms. The number of hydrogen-bond donors (Lipinski definition) is 0. The third kappa shape index (κ3) is 2.11. The van der Waals surface area contributed by atoms with Crippen molar-refractivity contribution in [3.8, 4) is 0 Å². The summed E-state index contributed by atoms with van der Waals surface area (Å²) in [6.45, 7) is 12.8. The van der Waals surface area contributed by atoms with E-state index in [9.17, 15) is 0 Å². The molecule has 0 aliphatic heterocycles. The van der Waals surface area contributed by atoms with Gasteiger partial charge in [0.15, 0.2) is 0 Å². The van der Waals surface area contributed by atoms with Crippen molar-refractivity contribution < 1.29 is 0 Å². The van der Waals surface area contributed by atoms with Crippen LogP contribution in [0.3, 0.4) is 0 Å². The van der Waals surface area contributed by atoms with Crippen molar-refractivity contribution in [1.82, 2.24) is 9.97 Å². The predicted molar refractivity (Wildman–Crippen MR) is 59.7 cm³/mol. The normalized spacial score (nSPS) is 11.4. The first kappa shape index (κ1) is 11.2. The highest BCUT2D eigenvalue weighted by molar-refractivity contribution is 5.26. The van der Waals surface area contributed by atoms with Gasteiger partial charge in [0.25, 0.3) is 0 Å². The first-order valence-electron chi connectivity index (χ1n) is 5.28. The lowest BCUT2D eigenvalue weighted by molar-refractivity contribution is 0.713. The summed E-state index contributed by atoms with van der Waals surface area (Å²) >= 11 is 0. The van der Waals surface area contributed by atoms with Gasteiger partial charge in [0.05, 0.1) is 0 Å². The van der Waals surface area contributed by atoms with Crippen molar-refractivity contribution in [2.75, 3.05) is 0 Å². The summed E-state index contributed by atoms with van der Waals surface area (Å²) in [5.41, 5.74) is 3.55. The standard InChI is InChI=1S/C12H20N2/c1-7(2)11-9(5)10(6)13-12(14-11)8(3)4/h7-8H,1-6H3. The lowest BCUT2D eigenvalue weighted by Gasteiger charge is -2.14. The highest BCUT2D eigenvalue weighted by atomic mass is 14.9. The number of aryl methyl sites for hydroxylation is 1. The highest BCUT2D eigenvalue weighted by Gasteiger charge is 2.12. The van der Waals surface area contributed by atoms with Crippen LogP contribution >= 0.6 is 0 Å². The van der Waals surface area contributed by atoms with Crippen molar-refractivity contribution in [1.29, 1.82) is 0 Å². The lowest BCUT2D eigenvalue weighted by Crippen LogP contribution is -2.07. The fraction of sp³-hybridized carbons (Fsp3) is 0.667. The first-order chi connectivity index (χ1) is 6.43. The Labute approximate surface area is 86.8 Å². The summed E-state index contributed by atoms with van der Waals surface area (Å²) in [5.74, 6) is 1.86. The summed E-state index contributed by atoms with van der Waals surface area (Å²) in [6.07, 6.45) is 0. The Balaban J connectivity index is 3.28. The molecule has 1 rings (SSSR count). The van der Waals surface area contributed by atoms with Gasteiger partial charge in [-0.15, -0.1) is 0 Å². The molecule has 0 aliphatic rings. The van der Waals surface area contributed by atoms with E-state index in [1.54, 1.807) is 0 Å². The van der Waals surface area contributed by atoms with Gasteiger partial charge in [-0.2, -0.15) is 0 Å². The molecule has 0 aliphatic carbocycles. The molecule has 14 heavy (non-hydrogen) atoms. The third-order valence-electron chi connectivity index (χ3n) is 2.51. The van der Waals surface area contributed by atoms with Crippen LogP contribution in [0.5, 0.6) is 0 Å². The molecule has 0 amide bonds. The van der Waals surface area contributed by atoms with Gasteiger partial charge >= 0.3 is 0 Å². The van der Waals surface area contributed by atoms with Gasteiger partial charge in [-0.3, -0.25) is 0 Å². The maximum absolute atomic E-state index is 4.62. The minimum Gasteiger partial charge on any atom is -0.238 e. The third-order valence-corrected chi connectivity index (χ3v) is 2.51. The molecule has 1 aromatic heterocycles. The molecule has 0 spiro atoms. The molecule has 0 saturated heterocycles. The molecule has 0 bridgehead atoms. The van der Waals surface area contributed by atoms with Crippen molar-refractivity contribution in [3.05, 3.63) is 22.8 Å². The number of hydrogen-bond acceptors (Lipinski definition) is 2. The minimum atomic E-state index is 0.409. The van der Waals surface area contributed by atoms with Gasteiger partial charge in [-0.05, 0) is 25.3 Å². The van der Waals surface area contributed by atoms with E-state index in [1.807, 2.05) is 0 Å². The van der Waals surface area contributed by atoms with Crippen molar-refractivity contribution in [3.63, 3.8) is 0 Å². The van der Waals surface area contributed by atoms with Gasteiger partial charge in [0.1, 0.15) is 5.82 Å². The molecule has 0 aromatic carbocycles. The molecule has 0 unspecified atom stereocenters. The predicted octanol–water partition coefficient (Wildman–Crippen LogP) is 3.34. The average Bonchev–Trinajstić information content (AvgIpc) is 2.08. The Morgan fingerprint density at radius 3 is 1.86 bits per heavy atom. The van der Waals surface area contributed by atoms with Crippen LogP contribution < -0.4 is 0 Å². The van der Waals surface area contributed by atoms with Crippen molar-refractivity contribution >= 4 is 0 Å². The smallest absolute Gasteiger partial charge is 0.131 e. The fourth-order valence-corrected chi connectivity index (χ4v) is 1.49. The SMILES string of the molecule is Cc1nc(C(C)C)nc(C(C)C)c1C. The van der Waals surface area contributed by atoms with E-state index < -0.39 is 0 Å². The Hall–Kier alpha value is -0.920. The number of nitrogens with zero attached hydrogens (tertiary/aromatic N) is 2. The van der Waals surface area contributed by atoms with E-state index in [0.29, 0.717) is 11.8 Å². The molecule has 78 valence electrons. The Kier molecular flexibility index (Phi) is 3.25. The van der Waals surface area contributed by atoms with Gasteiger partial charge in [-0.1, -0.05) is 27.7 Å². The zero-order valence-corrected chi connectivity index (χ0v) is 10.0. The summed E-state index contributed by atoms with van der Waals surface area (Å²) < 4.78 is 0. The zero-order chi connectivity index (χ0) is 10.9. The fourth-order valence-electron chi connectivity index (χ4n) is 1.49. The molecular formula is C12H20N2.